The molecular weight excluding hydrogens is 404 g/mol. The van der Waals surface area contributed by atoms with E-state index in [0.29, 0.717) is 17.3 Å². The standard InChI is InChI=1S/C23H29ClN2O2S/c1-17(22(28)25-23(2,3)4)26(14-19-12-8-9-13-20(19)24)21(27)16-29-15-18-10-6-5-7-11-18/h5-13,17H,14-16H2,1-4H3,(H,25,28). The lowest BCUT2D eigenvalue weighted by Gasteiger charge is -2.31. The molecule has 2 rings (SSSR count). The van der Waals surface area contributed by atoms with Gasteiger partial charge in [0.25, 0.3) is 0 Å². The van der Waals surface area contributed by atoms with Crippen LogP contribution in [0.25, 0.3) is 0 Å². The molecule has 1 atom stereocenters. The molecule has 0 radical (unpaired) electrons. The largest absolute Gasteiger partial charge is 0.350 e. The van der Waals surface area contributed by atoms with Gasteiger partial charge in [-0.3, -0.25) is 9.59 Å². The third-order valence-electron chi connectivity index (χ3n) is 4.30. The van der Waals surface area contributed by atoms with E-state index < -0.39 is 6.04 Å². The number of nitrogens with zero attached hydrogens (tertiary/aromatic N) is 1. The van der Waals surface area contributed by atoms with Gasteiger partial charge in [-0.25, -0.2) is 0 Å². The first-order valence-electron chi connectivity index (χ1n) is 9.64. The fourth-order valence-electron chi connectivity index (χ4n) is 2.78. The van der Waals surface area contributed by atoms with Gasteiger partial charge in [-0.05, 0) is 44.9 Å². The molecule has 0 aliphatic carbocycles. The highest BCUT2D eigenvalue weighted by molar-refractivity contribution is 7.99. The molecule has 0 aliphatic heterocycles. The Kier molecular flexibility index (Phi) is 8.60. The number of carbonyl (C=O) groups is 2. The number of benzene rings is 2. The predicted octanol–water partition coefficient (Wildman–Crippen LogP) is 4.91. The molecule has 0 saturated heterocycles. The smallest absolute Gasteiger partial charge is 0.242 e. The second-order valence-electron chi connectivity index (χ2n) is 8.01. The van der Waals surface area contributed by atoms with E-state index >= 15 is 0 Å². The average molecular weight is 433 g/mol. The summed E-state index contributed by atoms with van der Waals surface area (Å²) in [5.41, 5.74) is 1.62. The summed E-state index contributed by atoms with van der Waals surface area (Å²) in [5.74, 6) is 0.787. The van der Waals surface area contributed by atoms with Gasteiger partial charge in [-0.2, -0.15) is 0 Å². The lowest BCUT2D eigenvalue weighted by Crippen LogP contribution is -2.52. The van der Waals surface area contributed by atoms with Crippen molar-refractivity contribution in [2.45, 2.75) is 51.6 Å². The first-order chi connectivity index (χ1) is 13.7. The van der Waals surface area contributed by atoms with Crippen molar-refractivity contribution in [3.05, 3.63) is 70.7 Å². The Morgan fingerprint density at radius 2 is 1.69 bits per heavy atom. The number of nitrogens with one attached hydrogen (secondary N) is 1. The van der Waals surface area contributed by atoms with Gasteiger partial charge in [-0.15, -0.1) is 11.8 Å². The molecule has 6 heteroatoms. The molecule has 156 valence electrons. The Labute approximate surface area is 183 Å². The third-order valence-corrected chi connectivity index (χ3v) is 5.66. The number of halogens is 1. The van der Waals surface area contributed by atoms with Gasteiger partial charge in [0.1, 0.15) is 6.04 Å². The molecule has 4 nitrogen and oxygen atoms in total. The summed E-state index contributed by atoms with van der Waals surface area (Å²) in [7, 11) is 0. The molecule has 0 fully saturated rings. The van der Waals surface area contributed by atoms with E-state index in [0.717, 1.165) is 11.3 Å². The SMILES string of the molecule is CC(C(=O)NC(C)(C)C)N(Cc1ccccc1Cl)C(=O)CSCc1ccccc1. The fourth-order valence-corrected chi connectivity index (χ4v) is 3.85. The lowest BCUT2D eigenvalue weighted by molar-refractivity contribution is -0.139. The molecule has 29 heavy (non-hydrogen) atoms. The van der Waals surface area contributed by atoms with Crippen LogP contribution in [0.5, 0.6) is 0 Å². The van der Waals surface area contributed by atoms with Gasteiger partial charge >= 0.3 is 0 Å². The van der Waals surface area contributed by atoms with Gasteiger partial charge in [-0.1, -0.05) is 60.1 Å². The van der Waals surface area contributed by atoms with Crippen LogP contribution in [-0.4, -0.2) is 34.0 Å². The summed E-state index contributed by atoms with van der Waals surface area (Å²) >= 11 is 7.85. The van der Waals surface area contributed by atoms with Gasteiger partial charge in [0.2, 0.25) is 11.8 Å². The van der Waals surface area contributed by atoms with Crippen LogP contribution in [0.3, 0.4) is 0 Å². The molecule has 2 aromatic rings. The summed E-state index contributed by atoms with van der Waals surface area (Å²) < 4.78 is 0. The minimum Gasteiger partial charge on any atom is -0.350 e. The van der Waals surface area contributed by atoms with Crippen LogP contribution in [0.4, 0.5) is 0 Å². The van der Waals surface area contributed by atoms with Crippen molar-refractivity contribution in [3.63, 3.8) is 0 Å². The topological polar surface area (TPSA) is 49.4 Å². The van der Waals surface area contributed by atoms with Crippen LogP contribution in [-0.2, 0) is 21.9 Å². The molecule has 0 aliphatic rings. The van der Waals surface area contributed by atoms with E-state index in [9.17, 15) is 9.59 Å². The number of rotatable bonds is 8. The molecule has 0 bridgehead atoms. The fraction of sp³-hybridized carbons (Fsp3) is 0.391. The van der Waals surface area contributed by atoms with E-state index in [1.807, 2.05) is 69.3 Å². The summed E-state index contributed by atoms with van der Waals surface area (Å²) in [6, 6.07) is 16.8. The van der Waals surface area contributed by atoms with E-state index in [1.54, 1.807) is 29.7 Å². The van der Waals surface area contributed by atoms with Gasteiger partial charge < -0.3 is 10.2 Å². The molecule has 0 saturated carbocycles. The van der Waals surface area contributed by atoms with E-state index in [2.05, 4.69) is 5.32 Å². The Morgan fingerprint density at radius 3 is 2.31 bits per heavy atom. The molecule has 0 heterocycles. The Bertz CT molecular complexity index is 821. The highest BCUT2D eigenvalue weighted by Gasteiger charge is 2.28. The molecule has 2 aromatic carbocycles. The summed E-state index contributed by atoms with van der Waals surface area (Å²) in [6.07, 6.45) is 0. The first-order valence-corrected chi connectivity index (χ1v) is 11.2. The second-order valence-corrected chi connectivity index (χ2v) is 9.40. The summed E-state index contributed by atoms with van der Waals surface area (Å²) in [5, 5.41) is 3.55. The number of thioether (sulfide) groups is 1. The number of hydrogen-bond acceptors (Lipinski definition) is 3. The van der Waals surface area contributed by atoms with Gasteiger partial charge in [0.15, 0.2) is 0 Å². The van der Waals surface area contributed by atoms with E-state index in [-0.39, 0.29) is 17.4 Å². The average Bonchev–Trinajstić information content (AvgIpc) is 2.66. The number of carbonyl (C=O) groups excluding carboxylic acids is 2. The van der Waals surface area contributed by atoms with Gasteiger partial charge in [0, 0.05) is 22.9 Å². The maximum absolute atomic E-state index is 13.0. The monoisotopic (exact) mass is 432 g/mol. The normalized spacial score (nSPS) is 12.3. The van der Waals surface area contributed by atoms with Crippen molar-refractivity contribution in [3.8, 4) is 0 Å². The lowest BCUT2D eigenvalue weighted by atomic mass is 10.1. The third kappa shape index (κ3) is 7.75. The molecule has 0 spiro atoms. The maximum Gasteiger partial charge on any atom is 0.242 e. The highest BCUT2D eigenvalue weighted by Crippen LogP contribution is 2.20. The quantitative estimate of drug-likeness (QED) is 0.645. The maximum atomic E-state index is 13.0. The highest BCUT2D eigenvalue weighted by atomic mass is 35.5. The van der Waals surface area contributed by atoms with Crippen LogP contribution < -0.4 is 5.32 Å². The van der Waals surface area contributed by atoms with E-state index in [1.165, 1.54) is 5.56 Å². The van der Waals surface area contributed by atoms with Crippen LogP contribution in [0.15, 0.2) is 54.6 Å². The van der Waals surface area contributed by atoms with Gasteiger partial charge in [0.05, 0.1) is 5.75 Å². The van der Waals surface area contributed by atoms with Crippen LogP contribution >= 0.6 is 23.4 Å². The van der Waals surface area contributed by atoms with Crippen molar-refractivity contribution >= 4 is 35.2 Å². The molecule has 2 amide bonds. The Balaban J connectivity index is 2.11. The zero-order valence-corrected chi connectivity index (χ0v) is 19.0. The Hall–Kier alpha value is -1.98. The second kappa shape index (κ2) is 10.7. The summed E-state index contributed by atoms with van der Waals surface area (Å²) in [6.45, 7) is 7.83. The minimum atomic E-state index is -0.602. The minimum absolute atomic E-state index is 0.0811. The Morgan fingerprint density at radius 1 is 1.07 bits per heavy atom. The number of amides is 2. The number of hydrogen-bond donors (Lipinski definition) is 1. The zero-order chi connectivity index (χ0) is 21.4. The summed E-state index contributed by atoms with van der Waals surface area (Å²) in [4.78, 5) is 27.4. The zero-order valence-electron chi connectivity index (χ0n) is 17.4. The van der Waals surface area contributed by atoms with Crippen molar-refractivity contribution in [1.29, 1.82) is 0 Å². The first kappa shape index (κ1) is 23.3. The predicted molar refractivity (Wildman–Crippen MR) is 122 cm³/mol. The van der Waals surface area contributed by atoms with Crippen LogP contribution in [0.2, 0.25) is 5.02 Å². The van der Waals surface area contributed by atoms with Crippen LogP contribution in [0, 0.1) is 0 Å². The van der Waals surface area contributed by atoms with Crippen molar-refractivity contribution < 1.29 is 9.59 Å². The molecule has 0 aromatic heterocycles. The molecular formula is C23H29ClN2O2S. The molecule has 1 N–H and O–H groups in total. The van der Waals surface area contributed by atoms with Crippen molar-refractivity contribution in [1.82, 2.24) is 10.2 Å². The van der Waals surface area contributed by atoms with Crippen LogP contribution in [0.1, 0.15) is 38.8 Å². The van der Waals surface area contributed by atoms with Crippen molar-refractivity contribution in [2.75, 3.05) is 5.75 Å². The molecule has 1 unspecified atom stereocenters. The van der Waals surface area contributed by atoms with E-state index in [4.69, 9.17) is 11.6 Å². The van der Waals surface area contributed by atoms with Crippen molar-refractivity contribution in [2.24, 2.45) is 0 Å².